The first-order chi connectivity index (χ1) is 9.41. The van der Waals surface area contributed by atoms with Crippen LogP contribution < -0.4 is 0 Å². The summed E-state index contributed by atoms with van der Waals surface area (Å²) in [5.74, 6) is -0.377. The SMILES string of the molecule is CCOC(=O)c1cc(-c2ccc(C(C)(C)C)cc2)n[nH]1. The van der Waals surface area contributed by atoms with E-state index in [1.54, 1.807) is 13.0 Å². The summed E-state index contributed by atoms with van der Waals surface area (Å²) in [6.07, 6.45) is 0. The number of aromatic nitrogens is 2. The van der Waals surface area contributed by atoms with Gasteiger partial charge in [-0.3, -0.25) is 5.10 Å². The molecule has 0 spiro atoms. The number of aromatic amines is 1. The van der Waals surface area contributed by atoms with Gasteiger partial charge in [-0.25, -0.2) is 4.79 Å². The molecule has 0 amide bonds. The molecule has 1 heterocycles. The number of ether oxygens (including phenoxy) is 1. The molecule has 0 saturated carbocycles. The average molecular weight is 272 g/mol. The van der Waals surface area contributed by atoms with Crippen molar-refractivity contribution in [2.75, 3.05) is 6.61 Å². The van der Waals surface area contributed by atoms with Crippen LogP contribution in [0.4, 0.5) is 0 Å². The van der Waals surface area contributed by atoms with Gasteiger partial charge in [-0.2, -0.15) is 5.10 Å². The lowest BCUT2D eigenvalue weighted by molar-refractivity contribution is 0.0519. The van der Waals surface area contributed by atoms with E-state index in [1.165, 1.54) is 5.56 Å². The Kier molecular flexibility index (Phi) is 3.93. The third kappa shape index (κ3) is 3.07. The number of benzene rings is 1. The molecule has 0 fully saturated rings. The number of carbonyl (C=O) groups excluding carboxylic acids is 1. The van der Waals surface area contributed by atoms with Gasteiger partial charge in [0.1, 0.15) is 5.69 Å². The van der Waals surface area contributed by atoms with E-state index in [-0.39, 0.29) is 11.4 Å². The number of hydrogen-bond acceptors (Lipinski definition) is 3. The summed E-state index contributed by atoms with van der Waals surface area (Å²) in [6.45, 7) is 8.66. The molecule has 20 heavy (non-hydrogen) atoms. The van der Waals surface area contributed by atoms with Crippen molar-refractivity contribution in [2.45, 2.75) is 33.1 Å². The van der Waals surface area contributed by atoms with Crippen LogP contribution in [0.5, 0.6) is 0 Å². The second-order valence-corrected chi connectivity index (χ2v) is 5.71. The molecule has 4 nitrogen and oxygen atoms in total. The van der Waals surface area contributed by atoms with Crippen molar-refractivity contribution >= 4 is 5.97 Å². The molecule has 0 aliphatic carbocycles. The molecule has 2 rings (SSSR count). The summed E-state index contributed by atoms with van der Waals surface area (Å²) in [7, 11) is 0. The van der Waals surface area contributed by atoms with Gasteiger partial charge >= 0.3 is 5.97 Å². The molecular weight excluding hydrogens is 252 g/mol. The van der Waals surface area contributed by atoms with Crippen LogP contribution in [0.15, 0.2) is 30.3 Å². The standard InChI is InChI=1S/C16H20N2O2/c1-5-20-15(19)14-10-13(17-18-14)11-6-8-12(9-7-11)16(2,3)4/h6-10H,5H2,1-4H3,(H,17,18). The minimum absolute atomic E-state index is 0.125. The Morgan fingerprint density at radius 1 is 1.25 bits per heavy atom. The second-order valence-electron chi connectivity index (χ2n) is 5.71. The molecule has 0 aliphatic heterocycles. The molecule has 1 aromatic carbocycles. The van der Waals surface area contributed by atoms with E-state index in [2.05, 4.69) is 43.1 Å². The van der Waals surface area contributed by atoms with Crippen LogP contribution in [0, 0.1) is 0 Å². The molecule has 4 heteroatoms. The second kappa shape index (κ2) is 5.49. The Balaban J connectivity index is 2.22. The van der Waals surface area contributed by atoms with Crippen molar-refractivity contribution in [3.05, 3.63) is 41.6 Å². The summed E-state index contributed by atoms with van der Waals surface area (Å²) in [4.78, 5) is 11.6. The quantitative estimate of drug-likeness (QED) is 0.869. The number of nitrogens with one attached hydrogen (secondary N) is 1. The van der Waals surface area contributed by atoms with Crippen molar-refractivity contribution in [1.82, 2.24) is 10.2 Å². The highest BCUT2D eigenvalue weighted by atomic mass is 16.5. The van der Waals surface area contributed by atoms with Crippen LogP contribution in [-0.2, 0) is 10.2 Å². The lowest BCUT2D eigenvalue weighted by atomic mass is 9.86. The lowest BCUT2D eigenvalue weighted by Gasteiger charge is -2.18. The van der Waals surface area contributed by atoms with Crippen molar-refractivity contribution in [1.29, 1.82) is 0 Å². The number of rotatable bonds is 3. The maximum absolute atomic E-state index is 11.6. The Morgan fingerprint density at radius 2 is 1.90 bits per heavy atom. The van der Waals surface area contributed by atoms with Gasteiger partial charge in [-0.15, -0.1) is 0 Å². The zero-order valence-corrected chi connectivity index (χ0v) is 12.4. The maximum Gasteiger partial charge on any atom is 0.356 e. The van der Waals surface area contributed by atoms with E-state index in [9.17, 15) is 4.79 Å². The first-order valence-corrected chi connectivity index (χ1v) is 6.75. The first-order valence-electron chi connectivity index (χ1n) is 6.75. The van der Waals surface area contributed by atoms with Crippen molar-refractivity contribution < 1.29 is 9.53 Å². The molecule has 0 unspecified atom stereocenters. The minimum atomic E-state index is -0.377. The normalized spacial score (nSPS) is 11.4. The summed E-state index contributed by atoms with van der Waals surface area (Å²) in [6, 6.07) is 9.93. The van der Waals surface area contributed by atoms with Crippen LogP contribution in [0.2, 0.25) is 0 Å². The fourth-order valence-corrected chi connectivity index (χ4v) is 1.92. The molecule has 106 valence electrons. The summed E-state index contributed by atoms with van der Waals surface area (Å²) in [5.41, 5.74) is 3.49. The van der Waals surface area contributed by atoms with Crippen molar-refractivity contribution in [2.24, 2.45) is 0 Å². The van der Waals surface area contributed by atoms with E-state index < -0.39 is 0 Å². The molecule has 0 saturated heterocycles. The van der Waals surface area contributed by atoms with Gasteiger partial charge < -0.3 is 4.74 Å². The fraction of sp³-hybridized carbons (Fsp3) is 0.375. The van der Waals surface area contributed by atoms with Gasteiger partial charge in [0.05, 0.1) is 12.3 Å². The predicted octanol–water partition coefficient (Wildman–Crippen LogP) is 3.55. The topological polar surface area (TPSA) is 55.0 Å². The highest BCUT2D eigenvalue weighted by Gasteiger charge is 2.15. The van der Waals surface area contributed by atoms with E-state index in [4.69, 9.17) is 4.74 Å². The highest BCUT2D eigenvalue weighted by molar-refractivity contribution is 5.88. The van der Waals surface area contributed by atoms with E-state index in [0.717, 1.165) is 11.3 Å². The number of H-pyrrole nitrogens is 1. The van der Waals surface area contributed by atoms with Crippen molar-refractivity contribution in [3.63, 3.8) is 0 Å². The first kappa shape index (κ1) is 14.3. The maximum atomic E-state index is 11.6. The van der Waals surface area contributed by atoms with Crippen LogP contribution >= 0.6 is 0 Å². The number of nitrogens with zero attached hydrogens (tertiary/aromatic N) is 1. The van der Waals surface area contributed by atoms with E-state index in [0.29, 0.717) is 12.3 Å². The molecule has 2 aromatic rings. The third-order valence-corrected chi connectivity index (χ3v) is 3.12. The lowest BCUT2D eigenvalue weighted by Crippen LogP contribution is -2.10. The third-order valence-electron chi connectivity index (χ3n) is 3.12. The van der Waals surface area contributed by atoms with Gasteiger partial charge in [0, 0.05) is 5.56 Å². The Labute approximate surface area is 119 Å². The zero-order valence-electron chi connectivity index (χ0n) is 12.4. The monoisotopic (exact) mass is 272 g/mol. The Bertz CT molecular complexity index is 592. The van der Waals surface area contributed by atoms with E-state index >= 15 is 0 Å². The summed E-state index contributed by atoms with van der Waals surface area (Å²) < 4.78 is 4.93. The zero-order chi connectivity index (χ0) is 14.8. The van der Waals surface area contributed by atoms with E-state index in [1.807, 2.05) is 12.1 Å². The summed E-state index contributed by atoms with van der Waals surface area (Å²) in [5, 5.41) is 6.86. The Morgan fingerprint density at radius 3 is 2.45 bits per heavy atom. The smallest absolute Gasteiger partial charge is 0.356 e. The van der Waals surface area contributed by atoms with Gasteiger partial charge in [0.25, 0.3) is 0 Å². The average Bonchev–Trinajstić information content (AvgIpc) is 2.88. The molecular formula is C16H20N2O2. The molecule has 0 bridgehead atoms. The largest absolute Gasteiger partial charge is 0.461 e. The van der Waals surface area contributed by atoms with Gasteiger partial charge in [-0.05, 0) is 24.0 Å². The van der Waals surface area contributed by atoms with Crippen LogP contribution in [0.1, 0.15) is 43.7 Å². The van der Waals surface area contributed by atoms with Crippen LogP contribution in [-0.4, -0.2) is 22.8 Å². The van der Waals surface area contributed by atoms with Gasteiger partial charge in [0.15, 0.2) is 0 Å². The summed E-state index contributed by atoms with van der Waals surface area (Å²) >= 11 is 0. The van der Waals surface area contributed by atoms with Crippen molar-refractivity contribution in [3.8, 4) is 11.3 Å². The molecule has 1 aromatic heterocycles. The minimum Gasteiger partial charge on any atom is -0.461 e. The highest BCUT2D eigenvalue weighted by Crippen LogP contribution is 2.25. The molecule has 0 radical (unpaired) electrons. The molecule has 0 atom stereocenters. The Hall–Kier alpha value is -2.10. The van der Waals surface area contributed by atoms with Crippen LogP contribution in [0.25, 0.3) is 11.3 Å². The van der Waals surface area contributed by atoms with Crippen LogP contribution in [0.3, 0.4) is 0 Å². The number of carbonyl (C=O) groups is 1. The number of hydrogen-bond donors (Lipinski definition) is 1. The molecule has 1 N–H and O–H groups in total. The molecule has 0 aliphatic rings. The predicted molar refractivity (Wildman–Crippen MR) is 78.7 cm³/mol. The van der Waals surface area contributed by atoms with Gasteiger partial charge in [-0.1, -0.05) is 45.0 Å². The van der Waals surface area contributed by atoms with Gasteiger partial charge in [0.2, 0.25) is 0 Å². The fourth-order valence-electron chi connectivity index (χ4n) is 1.92. The number of esters is 1.